The van der Waals surface area contributed by atoms with Crippen molar-refractivity contribution >= 4 is 0 Å². The molecule has 0 aromatic heterocycles. The Hall–Kier alpha value is -0.820. The van der Waals surface area contributed by atoms with E-state index in [1.807, 2.05) is 0 Å². The zero-order chi connectivity index (χ0) is 14.1. The van der Waals surface area contributed by atoms with Crippen LogP contribution in [0.1, 0.15) is 69.2 Å². The highest BCUT2D eigenvalue weighted by Crippen LogP contribution is 2.35. The molecule has 0 spiro atoms. The average molecular weight is 271 g/mol. The van der Waals surface area contributed by atoms with E-state index in [9.17, 15) is 0 Å². The van der Waals surface area contributed by atoms with Gasteiger partial charge in [-0.2, -0.15) is 0 Å². The number of hydrogen-bond acceptors (Lipinski definition) is 1. The summed E-state index contributed by atoms with van der Waals surface area (Å²) in [6.45, 7) is 7.12. The van der Waals surface area contributed by atoms with Crippen molar-refractivity contribution in [2.45, 2.75) is 71.4 Å². The first-order chi connectivity index (χ1) is 9.69. The number of benzene rings is 1. The number of fused-ring (bicyclic) bond motifs is 1. The SMILES string of the molecule is CCC1CCC(NC(C)c2ccc3c(c2)CCC3)C1C. The molecule has 4 unspecified atom stereocenters. The van der Waals surface area contributed by atoms with Gasteiger partial charge in [-0.05, 0) is 67.6 Å². The Morgan fingerprint density at radius 2 is 2.00 bits per heavy atom. The lowest BCUT2D eigenvalue weighted by Crippen LogP contribution is -2.34. The molecular formula is C19H29N. The average Bonchev–Trinajstić information content (AvgIpc) is 3.05. The minimum Gasteiger partial charge on any atom is -0.307 e. The molecular weight excluding hydrogens is 242 g/mol. The van der Waals surface area contributed by atoms with Gasteiger partial charge in [-0.3, -0.25) is 0 Å². The second-order valence-electron chi connectivity index (χ2n) is 6.98. The lowest BCUT2D eigenvalue weighted by atomic mass is 9.93. The predicted molar refractivity (Wildman–Crippen MR) is 86.0 cm³/mol. The van der Waals surface area contributed by atoms with E-state index in [0.717, 1.165) is 11.8 Å². The van der Waals surface area contributed by atoms with Gasteiger partial charge in [0.15, 0.2) is 0 Å². The first kappa shape index (κ1) is 14.1. The highest BCUT2D eigenvalue weighted by Gasteiger charge is 2.32. The first-order valence-electron chi connectivity index (χ1n) is 8.56. The van der Waals surface area contributed by atoms with Gasteiger partial charge in [0.05, 0.1) is 0 Å². The monoisotopic (exact) mass is 271 g/mol. The lowest BCUT2D eigenvalue weighted by molar-refractivity contribution is 0.327. The molecule has 1 aromatic carbocycles. The summed E-state index contributed by atoms with van der Waals surface area (Å²) in [6.07, 6.45) is 8.02. The molecule has 2 aliphatic carbocycles. The minimum absolute atomic E-state index is 0.490. The van der Waals surface area contributed by atoms with E-state index in [0.29, 0.717) is 12.1 Å². The molecule has 1 heteroatoms. The largest absolute Gasteiger partial charge is 0.307 e. The van der Waals surface area contributed by atoms with Crippen LogP contribution >= 0.6 is 0 Å². The summed E-state index contributed by atoms with van der Waals surface area (Å²) in [6, 6.07) is 8.37. The van der Waals surface area contributed by atoms with Crippen molar-refractivity contribution in [1.82, 2.24) is 5.32 Å². The highest BCUT2D eigenvalue weighted by atomic mass is 15.0. The third-order valence-electron chi connectivity index (χ3n) is 5.84. The zero-order valence-electron chi connectivity index (χ0n) is 13.3. The molecule has 1 fully saturated rings. The van der Waals surface area contributed by atoms with E-state index in [1.165, 1.54) is 44.1 Å². The number of rotatable bonds is 4. The van der Waals surface area contributed by atoms with Crippen LogP contribution in [0.5, 0.6) is 0 Å². The van der Waals surface area contributed by atoms with Crippen molar-refractivity contribution < 1.29 is 0 Å². The van der Waals surface area contributed by atoms with Gasteiger partial charge in [-0.1, -0.05) is 38.5 Å². The maximum Gasteiger partial charge on any atom is 0.0294 e. The Bertz CT molecular complexity index is 465. The van der Waals surface area contributed by atoms with Crippen LogP contribution in [0.4, 0.5) is 0 Å². The van der Waals surface area contributed by atoms with Crippen LogP contribution < -0.4 is 5.32 Å². The Balaban J connectivity index is 1.66. The smallest absolute Gasteiger partial charge is 0.0294 e. The van der Waals surface area contributed by atoms with Gasteiger partial charge in [0.25, 0.3) is 0 Å². The van der Waals surface area contributed by atoms with E-state index < -0.39 is 0 Å². The predicted octanol–water partition coefficient (Wildman–Crippen LogP) is 4.65. The second-order valence-corrected chi connectivity index (χ2v) is 6.98. The minimum atomic E-state index is 0.490. The molecule has 0 bridgehead atoms. The van der Waals surface area contributed by atoms with Crippen LogP contribution in [0.3, 0.4) is 0 Å². The second kappa shape index (κ2) is 5.89. The summed E-state index contributed by atoms with van der Waals surface area (Å²) in [7, 11) is 0. The molecule has 110 valence electrons. The fourth-order valence-corrected chi connectivity index (χ4v) is 4.34. The molecule has 0 aliphatic heterocycles. The molecule has 3 rings (SSSR count). The van der Waals surface area contributed by atoms with Crippen LogP contribution in [-0.2, 0) is 12.8 Å². The molecule has 20 heavy (non-hydrogen) atoms. The molecule has 0 radical (unpaired) electrons. The number of hydrogen-bond donors (Lipinski definition) is 1. The highest BCUT2D eigenvalue weighted by molar-refractivity contribution is 5.36. The van der Waals surface area contributed by atoms with E-state index in [1.54, 1.807) is 11.1 Å². The third kappa shape index (κ3) is 2.65. The summed E-state index contributed by atoms with van der Waals surface area (Å²) < 4.78 is 0. The van der Waals surface area contributed by atoms with Gasteiger partial charge in [-0.15, -0.1) is 0 Å². The van der Waals surface area contributed by atoms with Crippen molar-refractivity contribution in [1.29, 1.82) is 0 Å². The summed E-state index contributed by atoms with van der Waals surface area (Å²) in [5, 5.41) is 3.90. The molecule has 1 aromatic rings. The van der Waals surface area contributed by atoms with E-state index in [2.05, 4.69) is 44.3 Å². The third-order valence-corrected chi connectivity index (χ3v) is 5.84. The zero-order valence-corrected chi connectivity index (χ0v) is 13.3. The Morgan fingerprint density at radius 1 is 1.20 bits per heavy atom. The van der Waals surface area contributed by atoms with E-state index in [-0.39, 0.29) is 0 Å². The van der Waals surface area contributed by atoms with Crippen molar-refractivity contribution in [3.8, 4) is 0 Å². The maximum absolute atomic E-state index is 3.90. The fourth-order valence-electron chi connectivity index (χ4n) is 4.34. The Morgan fingerprint density at radius 3 is 2.75 bits per heavy atom. The maximum atomic E-state index is 3.90. The Kier molecular flexibility index (Phi) is 4.16. The Labute approximate surface area is 124 Å². The number of aryl methyl sites for hydroxylation is 2. The summed E-state index contributed by atoms with van der Waals surface area (Å²) in [5.41, 5.74) is 4.67. The topological polar surface area (TPSA) is 12.0 Å². The lowest BCUT2D eigenvalue weighted by Gasteiger charge is -2.25. The van der Waals surface area contributed by atoms with Gasteiger partial charge in [0.1, 0.15) is 0 Å². The quantitative estimate of drug-likeness (QED) is 0.840. The van der Waals surface area contributed by atoms with Gasteiger partial charge in [0, 0.05) is 12.1 Å². The van der Waals surface area contributed by atoms with Crippen LogP contribution in [0, 0.1) is 11.8 Å². The van der Waals surface area contributed by atoms with Crippen molar-refractivity contribution in [3.05, 3.63) is 34.9 Å². The normalized spacial score (nSPS) is 30.4. The van der Waals surface area contributed by atoms with E-state index in [4.69, 9.17) is 0 Å². The molecule has 0 heterocycles. The van der Waals surface area contributed by atoms with Gasteiger partial charge >= 0.3 is 0 Å². The van der Waals surface area contributed by atoms with Crippen molar-refractivity contribution in [2.75, 3.05) is 0 Å². The first-order valence-corrected chi connectivity index (χ1v) is 8.56. The molecule has 0 amide bonds. The standard InChI is InChI=1S/C19H29N/c1-4-15-10-11-19(13(15)2)20-14(3)17-9-8-16-6-5-7-18(16)12-17/h8-9,12-15,19-20H,4-7,10-11H2,1-3H3. The molecule has 1 nitrogen and oxygen atoms in total. The number of nitrogens with one attached hydrogen (secondary N) is 1. The molecule has 0 saturated heterocycles. The fraction of sp³-hybridized carbons (Fsp3) is 0.684. The van der Waals surface area contributed by atoms with Crippen LogP contribution in [0.25, 0.3) is 0 Å². The molecule has 1 saturated carbocycles. The van der Waals surface area contributed by atoms with Crippen molar-refractivity contribution in [3.63, 3.8) is 0 Å². The van der Waals surface area contributed by atoms with Crippen molar-refractivity contribution in [2.24, 2.45) is 11.8 Å². The molecule has 1 N–H and O–H groups in total. The summed E-state index contributed by atoms with van der Waals surface area (Å²) in [5.74, 6) is 1.76. The van der Waals surface area contributed by atoms with Crippen LogP contribution in [0.15, 0.2) is 18.2 Å². The van der Waals surface area contributed by atoms with Crippen LogP contribution in [0.2, 0.25) is 0 Å². The van der Waals surface area contributed by atoms with Gasteiger partial charge < -0.3 is 5.32 Å². The summed E-state index contributed by atoms with van der Waals surface area (Å²) in [4.78, 5) is 0. The van der Waals surface area contributed by atoms with Gasteiger partial charge in [0.2, 0.25) is 0 Å². The summed E-state index contributed by atoms with van der Waals surface area (Å²) >= 11 is 0. The van der Waals surface area contributed by atoms with E-state index >= 15 is 0 Å². The van der Waals surface area contributed by atoms with Gasteiger partial charge in [-0.25, -0.2) is 0 Å². The van der Waals surface area contributed by atoms with Crippen LogP contribution in [-0.4, -0.2) is 6.04 Å². The molecule has 2 aliphatic rings. The molecule has 4 atom stereocenters.